The van der Waals surface area contributed by atoms with Crippen LogP contribution in [0.15, 0.2) is 30.3 Å². The van der Waals surface area contributed by atoms with Crippen LogP contribution in [0.3, 0.4) is 0 Å². The van der Waals surface area contributed by atoms with E-state index in [1.165, 1.54) is 19.2 Å². The Morgan fingerprint density at radius 1 is 1.09 bits per heavy atom. The van der Waals surface area contributed by atoms with E-state index >= 15 is 8.78 Å². The van der Waals surface area contributed by atoms with Crippen molar-refractivity contribution >= 4 is 16.6 Å². The van der Waals surface area contributed by atoms with E-state index in [2.05, 4.69) is 9.97 Å². The van der Waals surface area contributed by atoms with Crippen molar-refractivity contribution in [2.75, 3.05) is 33.5 Å². The number of nitrogens with zero attached hydrogens (tertiary/aromatic N) is 1. The zero-order chi connectivity index (χ0) is 24.1. The molecule has 0 unspecified atom stereocenters. The minimum Gasteiger partial charge on any atom is -0.496 e. The molecule has 2 saturated heterocycles. The molecule has 8 nitrogen and oxygen atoms in total. The third-order valence-corrected chi connectivity index (χ3v) is 6.64. The number of hydrogen-bond donors (Lipinski definition) is 2. The molecule has 3 aliphatic rings. The van der Waals surface area contributed by atoms with Crippen LogP contribution in [0.4, 0.5) is 8.78 Å². The number of halogens is 2. The molecule has 5 heterocycles. The van der Waals surface area contributed by atoms with E-state index in [-0.39, 0.29) is 36.3 Å². The first-order valence-corrected chi connectivity index (χ1v) is 11.4. The molecule has 0 saturated carbocycles. The lowest BCUT2D eigenvalue weighted by molar-refractivity contribution is 0.00794. The van der Waals surface area contributed by atoms with Crippen molar-refractivity contribution in [1.82, 2.24) is 9.97 Å². The normalized spacial score (nSPS) is 26.1. The summed E-state index contributed by atoms with van der Waals surface area (Å²) in [7, 11) is 1.41. The number of rotatable bonds is 5. The number of fused-ring (bicyclic) bond motifs is 2. The summed E-state index contributed by atoms with van der Waals surface area (Å²) in [5.41, 5.74) is 2.21. The number of aliphatic hydroxyl groups is 1. The lowest BCUT2D eigenvalue weighted by Gasteiger charge is -2.17. The Morgan fingerprint density at radius 2 is 1.94 bits per heavy atom. The average Bonchev–Trinajstić information content (AvgIpc) is 3.55. The highest BCUT2D eigenvalue weighted by molar-refractivity contribution is 5.83. The predicted octanol–water partition coefficient (Wildman–Crippen LogP) is 3.23. The zero-order valence-electron chi connectivity index (χ0n) is 18.9. The Morgan fingerprint density at radius 3 is 2.74 bits per heavy atom. The molecule has 0 radical (unpaired) electrons. The quantitative estimate of drug-likeness (QED) is 0.572. The van der Waals surface area contributed by atoms with Crippen molar-refractivity contribution in [1.29, 1.82) is 0 Å². The van der Waals surface area contributed by atoms with Gasteiger partial charge in [0.25, 0.3) is 0 Å². The summed E-state index contributed by atoms with van der Waals surface area (Å²) in [6.07, 6.45) is 0.622. The molecule has 0 bridgehead atoms. The highest BCUT2D eigenvalue weighted by Gasteiger charge is 2.48. The number of pyridine rings is 1. The molecule has 4 atom stereocenters. The molecule has 3 aromatic rings. The van der Waals surface area contributed by atoms with Gasteiger partial charge >= 0.3 is 0 Å². The Bertz CT molecular complexity index is 1310. The van der Waals surface area contributed by atoms with Gasteiger partial charge in [-0.25, -0.2) is 13.8 Å². The van der Waals surface area contributed by atoms with Gasteiger partial charge in [0.15, 0.2) is 17.8 Å². The van der Waals surface area contributed by atoms with Crippen LogP contribution in [0.5, 0.6) is 11.6 Å². The maximum atomic E-state index is 15.3. The van der Waals surface area contributed by atoms with E-state index < -0.39 is 29.9 Å². The number of aliphatic hydroxyl groups excluding tert-OH is 1. The van der Waals surface area contributed by atoms with Gasteiger partial charge in [-0.15, -0.1) is 0 Å². The summed E-state index contributed by atoms with van der Waals surface area (Å²) in [6.45, 7) is 1.47. The van der Waals surface area contributed by atoms with E-state index in [9.17, 15) is 5.11 Å². The van der Waals surface area contributed by atoms with Gasteiger partial charge in [-0.05, 0) is 29.7 Å². The van der Waals surface area contributed by atoms with Gasteiger partial charge in [0.2, 0.25) is 0 Å². The molecule has 10 heteroatoms. The lowest BCUT2D eigenvalue weighted by atomic mass is 9.97. The largest absolute Gasteiger partial charge is 0.496 e. The van der Waals surface area contributed by atoms with Gasteiger partial charge in [0, 0.05) is 12.1 Å². The fourth-order valence-electron chi connectivity index (χ4n) is 4.90. The summed E-state index contributed by atoms with van der Waals surface area (Å²) in [6, 6.07) is 5.93. The average molecular weight is 486 g/mol. The molecule has 2 fully saturated rings. The summed E-state index contributed by atoms with van der Waals surface area (Å²) < 4.78 is 58.4. The van der Waals surface area contributed by atoms with Crippen molar-refractivity contribution in [3.05, 3.63) is 47.5 Å². The van der Waals surface area contributed by atoms with Gasteiger partial charge < -0.3 is 33.8 Å². The fraction of sp³-hybridized carbons (Fsp3) is 0.400. The number of methoxy groups -OCH3 is 1. The SMILES string of the molecule is COc1cc(C2=CCOCC2)cc(F)c1-c1nc2cc(O[C@@H]3CO[C@H]4[C@@H]3OC[C@H]4O)[nH]c2cc1F. The topological polar surface area (TPSA) is 95.1 Å². The molecular formula is C25H24F2N2O6. The minimum absolute atomic E-state index is 0.0487. The summed E-state index contributed by atoms with van der Waals surface area (Å²) >= 11 is 0. The van der Waals surface area contributed by atoms with Gasteiger partial charge in [-0.2, -0.15) is 0 Å². The maximum Gasteiger partial charge on any atom is 0.193 e. The first-order chi connectivity index (χ1) is 17.0. The molecule has 2 aromatic heterocycles. The Hall–Kier alpha value is -3.05. The predicted molar refractivity (Wildman–Crippen MR) is 121 cm³/mol. The second-order valence-electron chi connectivity index (χ2n) is 8.79. The minimum atomic E-state index is -0.701. The van der Waals surface area contributed by atoms with Crippen molar-refractivity contribution < 1.29 is 37.6 Å². The highest BCUT2D eigenvalue weighted by Crippen LogP contribution is 2.38. The molecule has 0 aliphatic carbocycles. The molecular weight excluding hydrogens is 462 g/mol. The van der Waals surface area contributed by atoms with Crippen LogP contribution in [-0.4, -0.2) is 73.0 Å². The third-order valence-electron chi connectivity index (χ3n) is 6.64. The second kappa shape index (κ2) is 8.87. The van der Waals surface area contributed by atoms with Gasteiger partial charge in [0.05, 0.1) is 50.1 Å². The Balaban J connectivity index is 1.33. The highest BCUT2D eigenvalue weighted by atomic mass is 19.1. The number of benzene rings is 1. The van der Waals surface area contributed by atoms with E-state index in [0.717, 1.165) is 5.57 Å². The standard InChI is InChI=1S/C25H24F2N2O6/c1-31-19-7-13(12-2-4-32-5-3-12)6-14(26)22(19)23-15(27)8-16-17(29-23)9-21(28-16)35-20-11-34-24-18(30)10-33-25(20)24/h2,6-9,18,20,24-25,28,30H,3-5,10-11H2,1H3/t18-,20-,24-,25-/m1/s1. The number of hydrogen-bond acceptors (Lipinski definition) is 7. The van der Waals surface area contributed by atoms with Crippen LogP contribution in [0.25, 0.3) is 27.9 Å². The third kappa shape index (κ3) is 3.96. The van der Waals surface area contributed by atoms with Crippen LogP contribution < -0.4 is 9.47 Å². The van der Waals surface area contributed by atoms with Crippen molar-refractivity contribution in [2.45, 2.75) is 30.8 Å². The van der Waals surface area contributed by atoms with Gasteiger partial charge in [-0.1, -0.05) is 6.08 Å². The molecule has 6 rings (SSSR count). The zero-order valence-corrected chi connectivity index (χ0v) is 18.9. The molecule has 0 spiro atoms. The van der Waals surface area contributed by atoms with E-state index in [1.807, 2.05) is 6.08 Å². The summed E-state index contributed by atoms with van der Waals surface area (Å²) in [4.78, 5) is 7.37. The number of aromatic nitrogens is 2. The monoisotopic (exact) mass is 486 g/mol. The fourth-order valence-corrected chi connectivity index (χ4v) is 4.90. The van der Waals surface area contributed by atoms with E-state index in [1.54, 1.807) is 12.1 Å². The second-order valence-corrected chi connectivity index (χ2v) is 8.79. The Labute approximate surface area is 199 Å². The first-order valence-electron chi connectivity index (χ1n) is 11.4. The molecule has 1 aromatic carbocycles. The van der Waals surface area contributed by atoms with Crippen LogP contribution >= 0.6 is 0 Å². The van der Waals surface area contributed by atoms with Crippen LogP contribution in [0.1, 0.15) is 12.0 Å². The Kier molecular flexibility index (Phi) is 5.68. The molecule has 2 N–H and O–H groups in total. The van der Waals surface area contributed by atoms with Gasteiger partial charge in [-0.3, -0.25) is 0 Å². The summed E-state index contributed by atoms with van der Waals surface area (Å²) in [5, 5.41) is 9.91. The molecule has 0 amide bonds. The lowest BCUT2D eigenvalue weighted by Crippen LogP contribution is -2.34. The summed E-state index contributed by atoms with van der Waals surface area (Å²) in [5.74, 6) is -0.794. The molecule has 184 valence electrons. The van der Waals surface area contributed by atoms with Gasteiger partial charge in [0.1, 0.15) is 35.6 Å². The van der Waals surface area contributed by atoms with Crippen LogP contribution in [-0.2, 0) is 14.2 Å². The number of ether oxygens (including phenoxy) is 5. The van der Waals surface area contributed by atoms with Crippen molar-refractivity contribution in [3.8, 4) is 22.9 Å². The van der Waals surface area contributed by atoms with Crippen molar-refractivity contribution in [2.24, 2.45) is 0 Å². The van der Waals surface area contributed by atoms with Crippen LogP contribution in [0.2, 0.25) is 0 Å². The maximum absolute atomic E-state index is 15.3. The number of aromatic amines is 1. The number of H-pyrrole nitrogens is 1. The van der Waals surface area contributed by atoms with E-state index in [0.29, 0.717) is 42.1 Å². The van der Waals surface area contributed by atoms with Crippen LogP contribution in [0, 0.1) is 11.6 Å². The molecule has 3 aliphatic heterocycles. The first kappa shape index (κ1) is 22.4. The smallest absolute Gasteiger partial charge is 0.193 e. The van der Waals surface area contributed by atoms with E-state index in [4.69, 9.17) is 23.7 Å². The van der Waals surface area contributed by atoms with Crippen molar-refractivity contribution in [3.63, 3.8) is 0 Å². The molecule has 35 heavy (non-hydrogen) atoms. The number of nitrogens with one attached hydrogen (secondary N) is 1.